The third-order valence-electron chi connectivity index (χ3n) is 3.45. The number of benzene rings is 2. The Morgan fingerprint density at radius 1 is 1.22 bits per heavy atom. The van der Waals surface area contributed by atoms with Gasteiger partial charge < -0.3 is 5.32 Å². The molecule has 3 aromatic rings. The molecule has 0 atom stereocenters. The molecular formula is C19H17ClN4OS2. The highest BCUT2D eigenvalue weighted by molar-refractivity contribution is 8.00. The lowest BCUT2D eigenvalue weighted by atomic mass is 10.3. The number of amides is 1. The van der Waals surface area contributed by atoms with Crippen LogP contribution in [-0.4, -0.2) is 32.2 Å². The third kappa shape index (κ3) is 5.38. The predicted molar refractivity (Wildman–Crippen MR) is 113 cm³/mol. The van der Waals surface area contributed by atoms with Crippen LogP contribution in [0, 0.1) is 0 Å². The molecule has 0 unspecified atom stereocenters. The van der Waals surface area contributed by atoms with Gasteiger partial charge in [0.1, 0.15) is 6.33 Å². The first kappa shape index (κ1) is 19.5. The fourth-order valence-corrected chi connectivity index (χ4v) is 3.95. The quantitative estimate of drug-likeness (QED) is 0.416. The van der Waals surface area contributed by atoms with Gasteiger partial charge in [0.2, 0.25) is 5.91 Å². The molecule has 1 aromatic heterocycles. The van der Waals surface area contributed by atoms with Crippen molar-refractivity contribution in [3.63, 3.8) is 0 Å². The lowest BCUT2D eigenvalue weighted by Gasteiger charge is -2.10. The van der Waals surface area contributed by atoms with Crippen LogP contribution < -0.4 is 5.32 Å². The molecule has 3 rings (SSSR count). The zero-order valence-electron chi connectivity index (χ0n) is 14.3. The molecule has 0 fully saturated rings. The number of aromatic nitrogens is 3. The van der Waals surface area contributed by atoms with Crippen LogP contribution in [0.1, 0.15) is 0 Å². The van der Waals surface area contributed by atoms with Crippen molar-refractivity contribution in [3.05, 3.63) is 72.5 Å². The molecule has 2 aromatic carbocycles. The second-order valence-electron chi connectivity index (χ2n) is 5.40. The van der Waals surface area contributed by atoms with E-state index in [1.807, 2.05) is 48.5 Å². The number of nitrogens with zero attached hydrogens (tertiary/aromatic N) is 3. The van der Waals surface area contributed by atoms with Crippen LogP contribution in [-0.2, 0) is 4.79 Å². The van der Waals surface area contributed by atoms with E-state index in [4.69, 9.17) is 11.6 Å². The summed E-state index contributed by atoms with van der Waals surface area (Å²) >= 11 is 8.99. The van der Waals surface area contributed by atoms with E-state index in [2.05, 4.69) is 22.1 Å². The van der Waals surface area contributed by atoms with Crippen molar-refractivity contribution < 1.29 is 4.79 Å². The van der Waals surface area contributed by atoms with E-state index >= 15 is 0 Å². The SMILES string of the molecule is C=CCSc1ccccc1NC(=O)CSc1nncn1-c1cccc(Cl)c1. The van der Waals surface area contributed by atoms with Crippen LogP contribution in [0.2, 0.25) is 5.02 Å². The van der Waals surface area contributed by atoms with Gasteiger partial charge in [-0.3, -0.25) is 9.36 Å². The molecule has 5 nitrogen and oxygen atoms in total. The highest BCUT2D eigenvalue weighted by atomic mass is 35.5. The molecule has 0 saturated heterocycles. The average Bonchev–Trinajstić information content (AvgIpc) is 3.14. The van der Waals surface area contributed by atoms with Gasteiger partial charge in [0.15, 0.2) is 5.16 Å². The van der Waals surface area contributed by atoms with Crippen LogP contribution in [0.3, 0.4) is 0 Å². The molecule has 8 heteroatoms. The van der Waals surface area contributed by atoms with Crippen molar-refractivity contribution in [3.8, 4) is 5.69 Å². The van der Waals surface area contributed by atoms with Crippen LogP contribution in [0.25, 0.3) is 5.69 Å². The summed E-state index contributed by atoms with van der Waals surface area (Å²) in [5.74, 6) is 0.900. The summed E-state index contributed by atoms with van der Waals surface area (Å²) in [6, 6.07) is 15.1. The van der Waals surface area contributed by atoms with E-state index in [0.717, 1.165) is 22.0 Å². The molecule has 0 spiro atoms. The van der Waals surface area contributed by atoms with Crippen LogP contribution in [0.5, 0.6) is 0 Å². The van der Waals surface area contributed by atoms with Gasteiger partial charge in [-0.1, -0.05) is 47.6 Å². The molecule has 0 aliphatic carbocycles. The van der Waals surface area contributed by atoms with E-state index in [0.29, 0.717) is 10.2 Å². The molecule has 138 valence electrons. The Balaban J connectivity index is 1.64. The van der Waals surface area contributed by atoms with Gasteiger partial charge in [-0.25, -0.2) is 0 Å². The zero-order chi connectivity index (χ0) is 19.1. The van der Waals surface area contributed by atoms with E-state index < -0.39 is 0 Å². The van der Waals surface area contributed by atoms with Gasteiger partial charge in [-0.15, -0.1) is 28.5 Å². The van der Waals surface area contributed by atoms with Crippen molar-refractivity contribution in [2.45, 2.75) is 10.1 Å². The third-order valence-corrected chi connectivity index (χ3v) is 5.70. The smallest absolute Gasteiger partial charge is 0.234 e. The Morgan fingerprint density at radius 3 is 2.89 bits per heavy atom. The van der Waals surface area contributed by atoms with E-state index in [-0.39, 0.29) is 11.7 Å². The van der Waals surface area contributed by atoms with Crippen LogP contribution in [0.15, 0.2) is 77.6 Å². The summed E-state index contributed by atoms with van der Waals surface area (Å²) in [5, 5.41) is 12.3. The van der Waals surface area contributed by atoms with Crippen LogP contribution in [0.4, 0.5) is 5.69 Å². The van der Waals surface area contributed by atoms with E-state index in [9.17, 15) is 4.79 Å². The van der Waals surface area contributed by atoms with Crippen molar-refractivity contribution in [2.24, 2.45) is 0 Å². The van der Waals surface area contributed by atoms with E-state index in [1.165, 1.54) is 11.8 Å². The highest BCUT2D eigenvalue weighted by Gasteiger charge is 2.12. The molecule has 1 N–H and O–H groups in total. The summed E-state index contributed by atoms with van der Waals surface area (Å²) in [5.41, 5.74) is 1.65. The second kappa shape index (κ2) is 9.64. The minimum Gasteiger partial charge on any atom is -0.324 e. The number of halogens is 1. The number of para-hydroxylation sites is 1. The highest BCUT2D eigenvalue weighted by Crippen LogP contribution is 2.27. The summed E-state index contributed by atoms with van der Waals surface area (Å²) in [6.07, 6.45) is 3.44. The standard InChI is InChI=1S/C19H17ClN4OS2/c1-2-10-26-17-9-4-3-8-16(17)22-18(25)12-27-19-23-21-13-24(19)15-7-5-6-14(20)11-15/h2-9,11,13H,1,10,12H2,(H,22,25). The maximum Gasteiger partial charge on any atom is 0.234 e. The number of rotatable bonds is 8. The van der Waals surface area contributed by atoms with Gasteiger partial charge in [0, 0.05) is 15.7 Å². The Labute approximate surface area is 171 Å². The number of carbonyl (C=O) groups excluding carboxylic acids is 1. The molecule has 0 aliphatic rings. The first-order valence-electron chi connectivity index (χ1n) is 8.08. The van der Waals surface area contributed by atoms with Crippen LogP contribution >= 0.6 is 35.1 Å². The summed E-state index contributed by atoms with van der Waals surface area (Å²) in [4.78, 5) is 13.4. The van der Waals surface area contributed by atoms with E-state index in [1.54, 1.807) is 28.7 Å². The maximum atomic E-state index is 12.4. The first-order valence-corrected chi connectivity index (χ1v) is 10.4. The van der Waals surface area contributed by atoms with Gasteiger partial charge in [-0.05, 0) is 30.3 Å². The summed E-state index contributed by atoms with van der Waals surface area (Å²) in [6.45, 7) is 3.73. The van der Waals surface area contributed by atoms with Gasteiger partial charge in [-0.2, -0.15) is 0 Å². The summed E-state index contributed by atoms with van der Waals surface area (Å²) in [7, 11) is 0. The number of nitrogens with one attached hydrogen (secondary N) is 1. The lowest BCUT2D eigenvalue weighted by Crippen LogP contribution is -2.15. The molecule has 0 saturated carbocycles. The average molecular weight is 417 g/mol. The van der Waals surface area contributed by atoms with Crippen molar-refractivity contribution in [1.82, 2.24) is 14.8 Å². The van der Waals surface area contributed by atoms with Gasteiger partial charge >= 0.3 is 0 Å². The van der Waals surface area contributed by atoms with Crippen molar-refractivity contribution in [2.75, 3.05) is 16.8 Å². The number of carbonyl (C=O) groups is 1. The minimum absolute atomic E-state index is 0.104. The van der Waals surface area contributed by atoms with Gasteiger partial charge in [0.05, 0.1) is 17.1 Å². The summed E-state index contributed by atoms with van der Waals surface area (Å²) < 4.78 is 1.80. The fourth-order valence-electron chi connectivity index (χ4n) is 2.29. The minimum atomic E-state index is -0.104. The number of thioether (sulfide) groups is 2. The number of anilines is 1. The predicted octanol–water partition coefficient (Wildman–Crippen LogP) is 4.93. The second-order valence-corrected chi connectivity index (χ2v) is 7.84. The normalized spacial score (nSPS) is 10.6. The molecule has 0 radical (unpaired) electrons. The monoisotopic (exact) mass is 416 g/mol. The number of hydrogen-bond donors (Lipinski definition) is 1. The zero-order valence-corrected chi connectivity index (χ0v) is 16.7. The topological polar surface area (TPSA) is 59.8 Å². The molecule has 27 heavy (non-hydrogen) atoms. The van der Waals surface area contributed by atoms with Crippen molar-refractivity contribution in [1.29, 1.82) is 0 Å². The molecule has 0 bridgehead atoms. The molecule has 0 aliphatic heterocycles. The maximum absolute atomic E-state index is 12.4. The fraction of sp³-hybridized carbons (Fsp3) is 0.105. The largest absolute Gasteiger partial charge is 0.324 e. The molecular weight excluding hydrogens is 400 g/mol. The Morgan fingerprint density at radius 2 is 2.07 bits per heavy atom. The van der Waals surface area contributed by atoms with Gasteiger partial charge in [0.25, 0.3) is 0 Å². The molecule has 1 heterocycles. The molecule has 1 amide bonds. The number of hydrogen-bond acceptors (Lipinski definition) is 5. The Hall–Kier alpha value is -2.22. The Kier molecular flexibility index (Phi) is 6.98. The van der Waals surface area contributed by atoms with Crippen molar-refractivity contribution >= 4 is 46.7 Å². The lowest BCUT2D eigenvalue weighted by molar-refractivity contribution is -0.113. The Bertz CT molecular complexity index is 945. The first-order chi connectivity index (χ1) is 13.2.